The molecule has 11 heteroatoms. The van der Waals surface area contributed by atoms with E-state index in [1.807, 2.05) is 6.92 Å². The largest absolute Gasteiger partial charge is 0.351 e. The van der Waals surface area contributed by atoms with Crippen molar-refractivity contribution in [3.8, 4) is 0 Å². The number of fused-ring (bicyclic) bond motifs is 1. The van der Waals surface area contributed by atoms with Gasteiger partial charge >= 0.3 is 0 Å². The lowest BCUT2D eigenvalue weighted by molar-refractivity contribution is -0.129. The van der Waals surface area contributed by atoms with Crippen LogP contribution in [0.15, 0.2) is 47.4 Å². The maximum absolute atomic E-state index is 14.2. The summed E-state index contributed by atoms with van der Waals surface area (Å²) in [6.45, 7) is 7.19. The van der Waals surface area contributed by atoms with Gasteiger partial charge in [-0.25, -0.2) is 17.8 Å². The molecule has 36 heavy (non-hydrogen) atoms. The lowest BCUT2D eigenvalue weighted by Crippen LogP contribution is -2.52. The van der Waals surface area contributed by atoms with Gasteiger partial charge in [0.1, 0.15) is 17.4 Å². The molecule has 0 saturated heterocycles. The van der Waals surface area contributed by atoms with Gasteiger partial charge in [0.05, 0.1) is 22.4 Å². The van der Waals surface area contributed by atoms with Crippen LogP contribution in [-0.4, -0.2) is 41.8 Å². The van der Waals surface area contributed by atoms with Crippen molar-refractivity contribution in [2.75, 3.05) is 0 Å². The van der Waals surface area contributed by atoms with Crippen molar-refractivity contribution < 1.29 is 22.4 Å². The smallest absolute Gasteiger partial charge is 0.241 e. The molecule has 1 heterocycles. The third-order valence-corrected chi connectivity index (χ3v) is 7.37. The van der Waals surface area contributed by atoms with Gasteiger partial charge in [-0.1, -0.05) is 23.8 Å². The molecule has 2 amide bonds. The molecule has 4 rings (SSSR count). The SMILES string of the molecule is Cc1ccc(S(=O)(=O)NC(CC(=O)NC(C)(C)C)C(=O)NC2(c3nc4c(F)cccc4[nH]3)CC2)cc1. The Bertz CT molecular complexity index is 1410. The molecular formula is C25H30FN5O4S. The first-order chi connectivity index (χ1) is 16.8. The number of carbonyl (C=O) groups is 2. The van der Waals surface area contributed by atoms with E-state index in [1.165, 1.54) is 18.2 Å². The average Bonchev–Trinajstić information content (AvgIpc) is 3.40. The van der Waals surface area contributed by atoms with E-state index in [1.54, 1.807) is 45.0 Å². The van der Waals surface area contributed by atoms with Crippen molar-refractivity contribution in [2.45, 2.75) is 69.0 Å². The highest BCUT2D eigenvalue weighted by Gasteiger charge is 2.49. The summed E-state index contributed by atoms with van der Waals surface area (Å²) in [6.07, 6.45) is 0.663. The molecule has 2 aromatic carbocycles. The number of aromatic amines is 1. The summed E-state index contributed by atoms with van der Waals surface area (Å²) in [7, 11) is -4.10. The highest BCUT2D eigenvalue weighted by atomic mass is 32.2. The summed E-state index contributed by atoms with van der Waals surface area (Å²) in [6, 6.07) is 9.34. The van der Waals surface area contributed by atoms with Gasteiger partial charge in [-0.3, -0.25) is 9.59 Å². The van der Waals surface area contributed by atoms with E-state index < -0.39 is 51.2 Å². The van der Waals surface area contributed by atoms with Crippen molar-refractivity contribution >= 4 is 32.9 Å². The number of rotatable bonds is 8. The topological polar surface area (TPSA) is 133 Å². The minimum atomic E-state index is -4.10. The maximum Gasteiger partial charge on any atom is 0.241 e. The number of H-pyrrole nitrogens is 1. The molecular weight excluding hydrogens is 485 g/mol. The van der Waals surface area contributed by atoms with Crippen LogP contribution in [0.1, 0.15) is 51.4 Å². The van der Waals surface area contributed by atoms with Gasteiger partial charge in [-0.2, -0.15) is 4.72 Å². The number of sulfonamides is 1. The van der Waals surface area contributed by atoms with Crippen LogP contribution in [0.25, 0.3) is 11.0 Å². The minimum absolute atomic E-state index is 0.0176. The summed E-state index contributed by atoms with van der Waals surface area (Å²) in [5.74, 6) is -1.26. The molecule has 1 unspecified atom stereocenters. The third kappa shape index (κ3) is 5.73. The molecule has 0 radical (unpaired) electrons. The molecule has 4 N–H and O–H groups in total. The highest BCUT2D eigenvalue weighted by Crippen LogP contribution is 2.44. The number of hydrogen-bond acceptors (Lipinski definition) is 5. The van der Waals surface area contributed by atoms with Crippen molar-refractivity contribution in [1.29, 1.82) is 0 Å². The van der Waals surface area contributed by atoms with Gasteiger partial charge in [-0.15, -0.1) is 0 Å². The molecule has 1 aliphatic rings. The minimum Gasteiger partial charge on any atom is -0.351 e. The number of benzene rings is 2. The first-order valence-corrected chi connectivity index (χ1v) is 13.1. The Kier molecular flexibility index (Phi) is 6.65. The van der Waals surface area contributed by atoms with Gasteiger partial charge in [0, 0.05) is 5.54 Å². The maximum atomic E-state index is 14.2. The number of amides is 2. The van der Waals surface area contributed by atoms with Crippen LogP contribution in [0.3, 0.4) is 0 Å². The van der Waals surface area contributed by atoms with Gasteiger partial charge in [0.25, 0.3) is 0 Å². The molecule has 1 aromatic heterocycles. The molecule has 1 aliphatic carbocycles. The predicted octanol–water partition coefficient (Wildman–Crippen LogP) is 2.77. The van der Waals surface area contributed by atoms with Crippen LogP contribution in [-0.2, 0) is 25.2 Å². The van der Waals surface area contributed by atoms with E-state index >= 15 is 0 Å². The lowest BCUT2D eigenvalue weighted by Gasteiger charge is -2.25. The standard InChI is InChI=1S/C25H30FN5O4S/c1-15-8-10-16(11-9-15)36(34,35)31-19(14-20(32)29-24(2,3)4)22(33)30-25(12-13-25)23-27-18-7-5-6-17(26)21(18)28-23/h5-11,19,31H,12-14H2,1-4H3,(H,27,28)(H,29,32)(H,30,33). The first-order valence-electron chi connectivity index (χ1n) is 11.6. The number of nitrogens with one attached hydrogen (secondary N) is 4. The average molecular weight is 516 g/mol. The third-order valence-electron chi connectivity index (χ3n) is 5.88. The van der Waals surface area contributed by atoms with Crippen LogP contribution in [0.4, 0.5) is 4.39 Å². The molecule has 3 aromatic rings. The van der Waals surface area contributed by atoms with Gasteiger partial charge in [-0.05, 0) is 64.8 Å². The zero-order valence-corrected chi connectivity index (χ0v) is 21.4. The van der Waals surface area contributed by atoms with Gasteiger partial charge < -0.3 is 15.6 Å². The number of aromatic nitrogens is 2. The molecule has 0 bridgehead atoms. The van der Waals surface area contributed by atoms with Crippen LogP contribution < -0.4 is 15.4 Å². The molecule has 0 spiro atoms. The fraction of sp³-hybridized carbons (Fsp3) is 0.400. The fourth-order valence-corrected chi connectivity index (χ4v) is 5.10. The second-order valence-corrected chi connectivity index (χ2v) is 12.0. The van der Waals surface area contributed by atoms with E-state index in [9.17, 15) is 22.4 Å². The molecule has 9 nitrogen and oxygen atoms in total. The lowest BCUT2D eigenvalue weighted by atomic mass is 10.1. The zero-order chi connectivity index (χ0) is 26.3. The Morgan fingerprint density at radius 2 is 1.81 bits per heavy atom. The number of hydrogen-bond donors (Lipinski definition) is 4. The zero-order valence-electron chi connectivity index (χ0n) is 20.6. The number of para-hydroxylation sites is 1. The van der Waals surface area contributed by atoms with E-state index in [0.717, 1.165) is 5.56 Å². The van der Waals surface area contributed by atoms with Crippen LogP contribution in [0.5, 0.6) is 0 Å². The number of carbonyl (C=O) groups excluding carboxylic acids is 2. The van der Waals surface area contributed by atoms with E-state index in [4.69, 9.17) is 0 Å². The van der Waals surface area contributed by atoms with Gasteiger partial charge in [0.2, 0.25) is 21.8 Å². The van der Waals surface area contributed by atoms with Crippen LogP contribution >= 0.6 is 0 Å². The Hall–Kier alpha value is -3.31. The Labute approximate surface area is 209 Å². The fourth-order valence-electron chi connectivity index (χ4n) is 3.91. The summed E-state index contributed by atoms with van der Waals surface area (Å²) in [4.78, 5) is 33.4. The van der Waals surface area contributed by atoms with Crippen LogP contribution in [0.2, 0.25) is 0 Å². The summed E-state index contributed by atoms with van der Waals surface area (Å²) in [5.41, 5.74) is 0.0762. The Morgan fingerprint density at radius 1 is 1.14 bits per heavy atom. The monoisotopic (exact) mass is 515 g/mol. The number of aryl methyl sites for hydroxylation is 1. The second-order valence-electron chi connectivity index (χ2n) is 10.3. The molecule has 1 fully saturated rings. The molecule has 192 valence electrons. The van der Waals surface area contributed by atoms with Gasteiger partial charge in [0.15, 0.2) is 5.82 Å². The Balaban J connectivity index is 1.59. The Morgan fingerprint density at radius 3 is 2.39 bits per heavy atom. The van der Waals surface area contributed by atoms with E-state index in [0.29, 0.717) is 24.2 Å². The molecule has 1 atom stereocenters. The second kappa shape index (κ2) is 9.29. The molecule has 0 aliphatic heterocycles. The van der Waals surface area contributed by atoms with E-state index in [2.05, 4.69) is 25.3 Å². The van der Waals surface area contributed by atoms with E-state index in [-0.39, 0.29) is 10.4 Å². The summed E-state index contributed by atoms with van der Waals surface area (Å²) in [5, 5.41) is 5.61. The van der Waals surface area contributed by atoms with Crippen LogP contribution in [0, 0.1) is 12.7 Å². The van der Waals surface area contributed by atoms with Crippen molar-refractivity contribution in [2.24, 2.45) is 0 Å². The van der Waals surface area contributed by atoms with Crippen molar-refractivity contribution in [3.63, 3.8) is 0 Å². The number of nitrogens with zero attached hydrogens (tertiary/aromatic N) is 1. The summed E-state index contributed by atoms with van der Waals surface area (Å²) >= 11 is 0. The number of imidazole rings is 1. The first kappa shape index (κ1) is 25.8. The predicted molar refractivity (Wildman–Crippen MR) is 133 cm³/mol. The quantitative estimate of drug-likeness (QED) is 0.366. The van der Waals surface area contributed by atoms with Crippen molar-refractivity contribution in [3.05, 3.63) is 59.7 Å². The molecule has 1 saturated carbocycles. The summed E-state index contributed by atoms with van der Waals surface area (Å²) < 4.78 is 42.6. The van der Waals surface area contributed by atoms with Crippen molar-refractivity contribution in [1.82, 2.24) is 25.3 Å². The highest BCUT2D eigenvalue weighted by molar-refractivity contribution is 7.89. The number of halogens is 1. The normalized spacial score (nSPS) is 15.9.